The number of rotatable bonds is 3. The minimum absolute atomic E-state index is 0.118. The van der Waals surface area contributed by atoms with E-state index in [0.717, 1.165) is 22.5 Å². The molecular formula is C17H14FN3O2. The summed E-state index contributed by atoms with van der Waals surface area (Å²) in [5.74, 6) is -1.45. The Morgan fingerprint density at radius 1 is 1.04 bits per heavy atom. The Bertz CT molecular complexity index is 873. The molecule has 2 amide bonds. The Kier molecular flexibility index (Phi) is 4.05. The first-order chi connectivity index (χ1) is 11.1. The molecule has 0 aliphatic carbocycles. The van der Waals surface area contributed by atoms with Gasteiger partial charge in [0.2, 0.25) is 5.91 Å². The summed E-state index contributed by atoms with van der Waals surface area (Å²) in [6.45, 7) is 0. The molecule has 1 aromatic heterocycles. The number of aromatic nitrogens is 1. The topological polar surface area (TPSA) is 74.0 Å². The maximum atomic E-state index is 13.1. The van der Waals surface area contributed by atoms with Crippen LogP contribution in [0.15, 0.2) is 54.7 Å². The van der Waals surface area contributed by atoms with E-state index < -0.39 is 11.7 Å². The summed E-state index contributed by atoms with van der Waals surface area (Å²) in [5, 5.41) is 0.958. The highest BCUT2D eigenvalue weighted by Crippen LogP contribution is 2.17. The van der Waals surface area contributed by atoms with Crippen molar-refractivity contribution in [2.45, 2.75) is 6.42 Å². The van der Waals surface area contributed by atoms with Gasteiger partial charge in [-0.3, -0.25) is 20.4 Å². The molecule has 0 unspecified atom stereocenters. The van der Waals surface area contributed by atoms with Crippen molar-refractivity contribution < 1.29 is 14.0 Å². The van der Waals surface area contributed by atoms with Crippen molar-refractivity contribution in [3.05, 3.63) is 71.7 Å². The standard InChI is InChI=1S/C17H14FN3O2/c18-13-5-3-4-11(8-13)17(23)21-20-16(22)9-12-10-19-15-7-2-1-6-14(12)15/h1-8,10,19H,9H2,(H,20,22)(H,21,23). The van der Waals surface area contributed by atoms with Crippen LogP contribution < -0.4 is 10.9 Å². The predicted molar refractivity (Wildman–Crippen MR) is 84.0 cm³/mol. The molecule has 0 aliphatic rings. The molecule has 23 heavy (non-hydrogen) atoms. The number of para-hydroxylation sites is 1. The van der Waals surface area contributed by atoms with Gasteiger partial charge in [-0.05, 0) is 29.8 Å². The number of halogens is 1. The Balaban J connectivity index is 1.60. The fraction of sp³-hybridized carbons (Fsp3) is 0.0588. The van der Waals surface area contributed by atoms with Gasteiger partial charge in [0.15, 0.2) is 0 Å². The van der Waals surface area contributed by atoms with Crippen molar-refractivity contribution in [2.24, 2.45) is 0 Å². The van der Waals surface area contributed by atoms with Crippen LogP contribution in [0.2, 0.25) is 0 Å². The second kappa shape index (κ2) is 6.31. The largest absolute Gasteiger partial charge is 0.361 e. The summed E-state index contributed by atoms with van der Waals surface area (Å²) in [7, 11) is 0. The van der Waals surface area contributed by atoms with Crippen molar-refractivity contribution in [3.63, 3.8) is 0 Å². The third-order valence-corrected chi connectivity index (χ3v) is 3.43. The van der Waals surface area contributed by atoms with E-state index >= 15 is 0 Å². The van der Waals surface area contributed by atoms with Gasteiger partial charge >= 0.3 is 0 Å². The second-order valence-electron chi connectivity index (χ2n) is 5.05. The number of carbonyl (C=O) groups is 2. The van der Waals surface area contributed by atoms with Crippen molar-refractivity contribution in [2.75, 3.05) is 0 Å². The number of amides is 2. The maximum Gasteiger partial charge on any atom is 0.269 e. The molecule has 5 nitrogen and oxygen atoms in total. The van der Waals surface area contributed by atoms with E-state index in [1.807, 2.05) is 24.3 Å². The lowest BCUT2D eigenvalue weighted by Crippen LogP contribution is -2.42. The molecule has 1 heterocycles. The van der Waals surface area contributed by atoms with E-state index in [0.29, 0.717) is 0 Å². The van der Waals surface area contributed by atoms with Gasteiger partial charge < -0.3 is 4.98 Å². The lowest BCUT2D eigenvalue weighted by Gasteiger charge is -2.07. The SMILES string of the molecule is O=C(Cc1c[nH]c2ccccc12)NNC(=O)c1cccc(F)c1. The molecule has 116 valence electrons. The van der Waals surface area contributed by atoms with Gasteiger partial charge in [0.05, 0.1) is 6.42 Å². The molecule has 0 saturated carbocycles. The molecule has 6 heteroatoms. The van der Waals surface area contributed by atoms with Crippen molar-refractivity contribution in [1.29, 1.82) is 0 Å². The molecule has 0 saturated heterocycles. The van der Waals surface area contributed by atoms with Crippen LogP contribution in [0, 0.1) is 5.82 Å². The number of fused-ring (bicyclic) bond motifs is 1. The molecule has 0 aliphatic heterocycles. The molecule has 2 aromatic carbocycles. The molecule has 0 radical (unpaired) electrons. The molecular weight excluding hydrogens is 297 g/mol. The van der Waals surface area contributed by atoms with Gasteiger partial charge in [-0.2, -0.15) is 0 Å². The van der Waals surface area contributed by atoms with Crippen LogP contribution in [-0.2, 0) is 11.2 Å². The minimum Gasteiger partial charge on any atom is -0.361 e. The Morgan fingerprint density at radius 2 is 1.87 bits per heavy atom. The first-order valence-corrected chi connectivity index (χ1v) is 7.03. The van der Waals surface area contributed by atoms with Crippen LogP contribution in [0.25, 0.3) is 10.9 Å². The maximum absolute atomic E-state index is 13.1. The number of hydrazine groups is 1. The summed E-state index contributed by atoms with van der Waals surface area (Å²) in [6.07, 6.45) is 1.88. The zero-order valence-electron chi connectivity index (χ0n) is 12.1. The molecule has 0 bridgehead atoms. The first kappa shape index (κ1) is 14.8. The summed E-state index contributed by atoms with van der Waals surface area (Å²) in [5.41, 5.74) is 6.51. The third kappa shape index (κ3) is 3.37. The zero-order valence-corrected chi connectivity index (χ0v) is 12.1. The van der Waals surface area contributed by atoms with E-state index in [-0.39, 0.29) is 17.9 Å². The summed E-state index contributed by atoms with van der Waals surface area (Å²) in [4.78, 5) is 26.8. The lowest BCUT2D eigenvalue weighted by atomic mass is 10.1. The average Bonchev–Trinajstić information content (AvgIpc) is 2.96. The zero-order chi connectivity index (χ0) is 16.2. The Hall–Kier alpha value is -3.15. The fourth-order valence-corrected chi connectivity index (χ4v) is 2.32. The second-order valence-corrected chi connectivity index (χ2v) is 5.05. The number of aromatic amines is 1. The van der Waals surface area contributed by atoms with Gasteiger partial charge in [0.25, 0.3) is 5.91 Å². The van der Waals surface area contributed by atoms with Crippen LogP contribution in [0.3, 0.4) is 0 Å². The number of nitrogens with one attached hydrogen (secondary N) is 3. The van der Waals surface area contributed by atoms with E-state index in [4.69, 9.17) is 0 Å². The van der Waals surface area contributed by atoms with Gasteiger partial charge in [0, 0.05) is 22.7 Å². The molecule has 0 spiro atoms. The van der Waals surface area contributed by atoms with Gasteiger partial charge in [0.1, 0.15) is 5.82 Å². The number of hydrogen-bond acceptors (Lipinski definition) is 2. The summed E-state index contributed by atoms with van der Waals surface area (Å²) >= 11 is 0. The number of benzene rings is 2. The highest BCUT2D eigenvalue weighted by Gasteiger charge is 2.11. The molecule has 3 N–H and O–H groups in total. The minimum atomic E-state index is -0.572. The van der Waals surface area contributed by atoms with Crippen LogP contribution >= 0.6 is 0 Å². The van der Waals surface area contributed by atoms with Crippen molar-refractivity contribution in [1.82, 2.24) is 15.8 Å². The first-order valence-electron chi connectivity index (χ1n) is 7.03. The normalized spacial score (nSPS) is 10.5. The van der Waals surface area contributed by atoms with Gasteiger partial charge in [-0.25, -0.2) is 4.39 Å². The predicted octanol–water partition coefficient (Wildman–Crippen LogP) is 2.31. The average molecular weight is 311 g/mol. The number of carbonyl (C=O) groups excluding carboxylic acids is 2. The van der Waals surface area contributed by atoms with Crippen LogP contribution in [0.4, 0.5) is 4.39 Å². The molecule has 3 rings (SSSR count). The van der Waals surface area contributed by atoms with Crippen molar-refractivity contribution in [3.8, 4) is 0 Å². The Morgan fingerprint density at radius 3 is 2.70 bits per heavy atom. The van der Waals surface area contributed by atoms with E-state index in [9.17, 15) is 14.0 Å². The summed E-state index contributed by atoms with van der Waals surface area (Å²) < 4.78 is 13.1. The highest BCUT2D eigenvalue weighted by atomic mass is 19.1. The Labute approximate surface area is 131 Å². The number of hydrogen-bond donors (Lipinski definition) is 3. The van der Waals surface area contributed by atoms with E-state index in [1.54, 1.807) is 6.20 Å². The van der Waals surface area contributed by atoms with Gasteiger partial charge in [-0.15, -0.1) is 0 Å². The van der Waals surface area contributed by atoms with E-state index in [1.165, 1.54) is 18.2 Å². The molecule has 0 fully saturated rings. The quantitative estimate of drug-likeness (QED) is 0.649. The smallest absolute Gasteiger partial charge is 0.269 e. The lowest BCUT2D eigenvalue weighted by molar-refractivity contribution is -0.121. The fourth-order valence-electron chi connectivity index (χ4n) is 2.32. The van der Waals surface area contributed by atoms with Crippen LogP contribution in [-0.4, -0.2) is 16.8 Å². The van der Waals surface area contributed by atoms with Crippen LogP contribution in [0.5, 0.6) is 0 Å². The van der Waals surface area contributed by atoms with Gasteiger partial charge in [-0.1, -0.05) is 24.3 Å². The molecule has 3 aromatic rings. The van der Waals surface area contributed by atoms with Crippen molar-refractivity contribution >= 4 is 22.7 Å². The highest BCUT2D eigenvalue weighted by molar-refractivity contribution is 5.96. The van der Waals surface area contributed by atoms with E-state index in [2.05, 4.69) is 15.8 Å². The van der Waals surface area contributed by atoms with Crippen LogP contribution in [0.1, 0.15) is 15.9 Å². The number of H-pyrrole nitrogens is 1. The third-order valence-electron chi connectivity index (χ3n) is 3.43. The monoisotopic (exact) mass is 311 g/mol. The summed E-state index contributed by atoms with van der Waals surface area (Å²) in [6, 6.07) is 12.9. The molecule has 0 atom stereocenters.